The van der Waals surface area contributed by atoms with Gasteiger partial charge in [-0.15, -0.1) is 12.4 Å². The Morgan fingerprint density at radius 1 is 1.50 bits per heavy atom. The van der Waals surface area contributed by atoms with E-state index in [4.69, 9.17) is 15.0 Å². The fraction of sp³-hybridized carbons (Fsp3) is 0.818. The highest BCUT2D eigenvalue weighted by Crippen LogP contribution is 2.16. The Morgan fingerprint density at radius 3 is 2.89 bits per heavy atom. The Hall–Kier alpha value is -0.690. The molecule has 104 valence electrons. The summed E-state index contributed by atoms with van der Waals surface area (Å²) in [4.78, 5) is 6.58. The molecule has 6 nitrogen and oxygen atoms in total. The number of rotatable bonds is 4. The zero-order chi connectivity index (χ0) is 12.3. The van der Waals surface area contributed by atoms with Crippen LogP contribution in [-0.2, 0) is 17.8 Å². The Morgan fingerprint density at radius 2 is 2.28 bits per heavy atom. The Bertz CT molecular complexity index is 361. The molecule has 1 fully saturated rings. The first-order valence-corrected chi connectivity index (χ1v) is 6.10. The molecule has 0 amide bonds. The van der Waals surface area contributed by atoms with Crippen molar-refractivity contribution in [2.45, 2.75) is 45.5 Å². The van der Waals surface area contributed by atoms with Crippen LogP contribution >= 0.6 is 12.4 Å². The predicted molar refractivity (Wildman–Crippen MR) is 69.3 cm³/mol. The minimum atomic E-state index is 0. The van der Waals surface area contributed by atoms with Crippen LogP contribution in [0.15, 0.2) is 4.52 Å². The third-order valence-electron chi connectivity index (χ3n) is 3.08. The quantitative estimate of drug-likeness (QED) is 0.882. The van der Waals surface area contributed by atoms with Gasteiger partial charge in [0.25, 0.3) is 0 Å². The summed E-state index contributed by atoms with van der Waals surface area (Å²) < 4.78 is 10.7. The number of hydrogen-bond donors (Lipinski definition) is 1. The molecule has 7 heteroatoms. The molecule has 1 aromatic rings. The topological polar surface area (TPSA) is 77.4 Å². The number of halogens is 1. The van der Waals surface area contributed by atoms with Gasteiger partial charge in [0.2, 0.25) is 5.89 Å². The van der Waals surface area contributed by atoms with Gasteiger partial charge in [0.1, 0.15) is 0 Å². The maximum atomic E-state index is 5.65. The third-order valence-corrected chi connectivity index (χ3v) is 3.08. The highest BCUT2D eigenvalue weighted by Gasteiger charge is 2.26. The molecule has 0 radical (unpaired) electrons. The van der Waals surface area contributed by atoms with E-state index in [1.165, 1.54) is 0 Å². The number of aromatic nitrogens is 2. The molecule has 1 saturated heterocycles. The first-order chi connectivity index (χ1) is 8.22. The summed E-state index contributed by atoms with van der Waals surface area (Å²) in [7, 11) is 0. The summed E-state index contributed by atoms with van der Waals surface area (Å²) in [6.07, 6.45) is 1.33. The highest BCUT2D eigenvalue weighted by molar-refractivity contribution is 5.85. The molecule has 2 atom stereocenters. The molecule has 18 heavy (non-hydrogen) atoms. The van der Waals surface area contributed by atoms with E-state index < -0.39 is 0 Å². The minimum absolute atomic E-state index is 0. The van der Waals surface area contributed by atoms with Gasteiger partial charge in [-0.05, 0) is 13.3 Å². The molecule has 0 aliphatic carbocycles. The average molecular weight is 277 g/mol. The lowest BCUT2D eigenvalue weighted by molar-refractivity contribution is -0.0601. The summed E-state index contributed by atoms with van der Waals surface area (Å²) in [6.45, 7) is 6.93. The van der Waals surface area contributed by atoms with Crippen molar-refractivity contribution in [3.05, 3.63) is 11.7 Å². The lowest BCUT2D eigenvalue weighted by Gasteiger charge is -2.37. The SMILES string of the molecule is CCC1COC(C)CN1Cc1noc(CN)n1.Cl. The summed E-state index contributed by atoms with van der Waals surface area (Å²) in [5.41, 5.74) is 5.44. The van der Waals surface area contributed by atoms with Crippen molar-refractivity contribution >= 4 is 12.4 Å². The highest BCUT2D eigenvalue weighted by atomic mass is 35.5. The molecule has 2 rings (SSSR count). The molecule has 2 unspecified atom stereocenters. The first kappa shape index (κ1) is 15.4. The van der Waals surface area contributed by atoms with E-state index in [2.05, 4.69) is 28.9 Å². The second-order valence-electron chi connectivity index (χ2n) is 4.44. The second kappa shape index (κ2) is 7.04. The Balaban J connectivity index is 0.00000162. The standard InChI is InChI=1S/C11H20N4O2.ClH/c1-3-9-7-16-8(2)5-15(9)6-10-13-11(4-12)17-14-10;/h8-9H,3-7,12H2,1-2H3;1H. The van der Waals surface area contributed by atoms with Gasteiger partial charge < -0.3 is 15.0 Å². The molecule has 2 N–H and O–H groups in total. The van der Waals surface area contributed by atoms with Crippen LogP contribution in [0.3, 0.4) is 0 Å². The molecular weight excluding hydrogens is 256 g/mol. The number of nitrogens with zero attached hydrogens (tertiary/aromatic N) is 3. The zero-order valence-corrected chi connectivity index (χ0v) is 11.7. The van der Waals surface area contributed by atoms with Crippen LogP contribution in [-0.4, -0.2) is 40.3 Å². The van der Waals surface area contributed by atoms with Gasteiger partial charge >= 0.3 is 0 Å². The maximum Gasteiger partial charge on any atom is 0.240 e. The summed E-state index contributed by atoms with van der Waals surface area (Å²) >= 11 is 0. The summed E-state index contributed by atoms with van der Waals surface area (Å²) in [5.74, 6) is 1.20. The van der Waals surface area contributed by atoms with Crippen molar-refractivity contribution in [3.63, 3.8) is 0 Å². The molecular formula is C11H21ClN4O2. The molecule has 1 aliphatic heterocycles. The van der Waals surface area contributed by atoms with E-state index in [0.717, 1.165) is 19.6 Å². The number of hydrogen-bond acceptors (Lipinski definition) is 6. The van der Waals surface area contributed by atoms with Crippen molar-refractivity contribution in [1.82, 2.24) is 15.0 Å². The Kier molecular flexibility index (Phi) is 6.01. The largest absolute Gasteiger partial charge is 0.376 e. The van der Waals surface area contributed by atoms with Gasteiger partial charge in [0, 0.05) is 12.6 Å². The molecule has 0 bridgehead atoms. The third kappa shape index (κ3) is 3.65. The smallest absolute Gasteiger partial charge is 0.240 e. The fourth-order valence-corrected chi connectivity index (χ4v) is 2.10. The van der Waals surface area contributed by atoms with E-state index >= 15 is 0 Å². The van der Waals surface area contributed by atoms with E-state index in [1.54, 1.807) is 0 Å². The second-order valence-corrected chi connectivity index (χ2v) is 4.44. The van der Waals surface area contributed by atoms with Gasteiger partial charge in [-0.1, -0.05) is 12.1 Å². The Labute approximate surface area is 113 Å². The number of nitrogens with two attached hydrogens (primary N) is 1. The van der Waals surface area contributed by atoms with Crippen LogP contribution in [0, 0.1) is 0 Å². The first-order valence-electron chi connectivity index (χ1n) is 6.10. The van der Waals surface area contributed by atoms with Gasteiger partial charge in [0.15, 0.2) is 5.82 Å². The van der Waals surface area contributed by atoms with Crippen LogP contribution in [0.2, 0.25) is 0 Å². The van der Waals surface area contributed by atoms with Crippen LogP contribution in [0.5, 0.6) is 0 Å². The molecule has 2 heterocycles. The fourth-order valence-electron chi connectivity index (χ4n) is 2.10. The molecule has 1 aliphatic rings. The van der Waals surface area contributed by atoms with E-state index in [0.29, 0.717) is 30.8 Å². The van der Waals surface area contributed by atoms with E-state index in [9.17, 15) is 0 Å². The van der Waals surface area contributed by atoms with Gasteiger partial charge in [-0.25, -0.2) is 0 Å². The van der Waals surface area contributed by atoms with Gasteiger partial charge in [-0.3, -0.25) is 4.90 Å². The summed E-state index contributed by atoms with van der Waals surface area (Å²) in [6, 6.07) is 0.436. The predicted octanol–water partition coefficient (Wildman–Crippen LogP) is 0.949. The molecule has 0 aromatic carbocycles. The van der Waals surface area contributed by atoms with Crippen molar-refractivity contribution in [2.24, 2.45) is 5.73 Å². The number of ether oxygens (including phenoxy) is 1. The molecule has 1 aromatic heterocycles. The van der Waals surface area contributed by atoms with Gasteiger partial charge in [-0.2, -0.15) is 4.98 Å². The van der Waals surface area contributed by atoms with E-state index in [1.807, 2.05) is 0 Å². The molecule has 0 saturated carbocycles. The van der Waals surface area contributed by atoms with Crippen LogP contribution < -0.4 is 5.73 Å². The molecule has 0 spiro atoms. The maximum absolute atomic E-state index is 5.65. The van der Waals surface area contributed by atoms with Crippen LogP contribution in [0.1, 0.15) is 32.0 Å². The van der Waals surface area contributed by atoms with Gasteiger partial charge in [0.05, 0.1) is 25.8 Å². The van der Waals surface area contributed by atoms with Crippen molar-refractivity contribution in [3.8, 4) is 0 Å². The minimum Gasteiger partial charge on any atom is -0.376 e. The van der Waals surface area contributed by atoms with E-state index in [-0.39, 0.29) is 18.5 Å². The van der Waals surface area contributed by atoms with Crippen LogP contribution in [0.25, 0.3) is 0 Å². The lowest BCUT2D eigenvalue weighted by atomic mass is 10.1. The average Bonchev–Trinajstić information content (AvgIpc) is 2.77. The normalized spacial score (nSPS) is 24.8. The van der Waals surface area contributed by atoms with Crippen molar-refractivity contribution < 1.29 is 9.26 Å². The zero-order valence-electron chi connectivity index (χ0n) is 10.8. The van der Waals surface area contributed by atoms with Crippen molar-refractivity contribution in [2.75, 3.05) is 13.2 Å². The summed E-state index contributed by atoms with van der Waals surface area (Å²) in [5, 5.41) is 3.93. The van der Waals surface area contributed by atoms with Crippen LogP contribution in [0.4, 0.5) is 0 Å². The van der Waals surface area contributed by atoms with Crippen molar-refractivity contribution in [1.29, 1.82) is 0 Å². The monoisotopic (exact) mass is 276 g/mol. The number of morpholine rings is 1. The lowest BCUT2D eigenvalue weighted by Crippen LogP contribution is -2.48.